The number of hydrogen-bond acceptors (Lipinski definition) is 5. The van der Waals surface area contributed by atoms with Crippen LogP contribution in [0.5, 0.6) is 5.75 Å². The lowest BCUT2D eigenvalue weighted by Crippen LogP contribution is -2.48. The number of nitrogens with one attached hydrogen (secondary N) is 1. The first-order valence-electron chi connectivity index (χ1n) is 8.22. The number of halogens is 1. The van der Waals surface area contributed by atoms with Crippen molar-refractivity contribution in [3.8, 4) is 5.75 Å². The largest absolute Gasteiger partial charge is 0.469 e. The fourth-order valence-electron chi connectivity index (χ4n) is 2.81. The van der Waals surface area contributed by atoms with Gasteiger partial charge in [-0.2, -0.15) is 0 Å². The van der Waals surface area contributed by atoms with Crippen LogP contribution in [0.25, 0.3) is 0 Å². The van der Waals surface area contributed by atoms with Crippen molar-refractivity contribution in [2.24, 2.45) is 0 Å². The van der Waals surface area contributed by atoms with Crippen LogP contribution in [0.1, 0.15) is 0 Å². The summed E-state index contributed by atoms with van der Waals surface area (Å²) in [6, 6.07) is 16.3. The van der Waals surface area contributed by atoms with Gasteiger partial charge in [-0.25, -0.2) is 12.7 Å². The van der Waals surface area contributed by atoms with Crippen molar-refractivity contribution in [3.63, 3.8) is 0 Å². The zero-order valence-corrected chi connectivity index (χ0v) is 16.5. The maximum atomic E-state index is 13.2. The number of likely N-dealkylation sites (N-methyl/N-ethyl adjacent to an activating group) is 2. The average molecular weight is 398 g/mol. The number of para-hydroxylation sites is 3. The molecule has 1 atom stereocenters. The van der Waals surface area contributed by atoms with Gasteiger partial charge in [-0.15, -0.1) is 12.4 Å². The molecule has 1 heterocycles. The number of sulfonamides is 1. The summed E-state index contributed by atoms with van der Waals surface area (Å²) in [6.45, 7) is 1.81. The minimum Gasteiger partial charge on any atom is -0.469 e. The van der Waals surface area contributed by atoms with E-state index >= 15 is 0 Å². The molecule has 0 spiro atoms. The van der Waals surface area contributed by atoms with Crippen molar-refractivity contribution in [2.75, 3.05) is 38.0 Å². The van der Waals surface area contributed by atoms with E-state index in [1.165, 1.54) is 4.31 Å². The highest BCUT2D eigenvalue weighted by molar-refractivity contribution is 7.93. The Bertz CT molecular complexity index is 817. The number of rotatable bonds is 6. The van der Waals surface area contributed by atoms with E-state index in [1.807, 2.05) is 49.3 Å². The Morgan fingerprint density at radius 1 is 1.12 bits per heavy atom. The average Bonchev–Trinajstić information content (AvgIpc) is 2.61. The van der Waals surface area contributed by atoms with Crippen LogP contribution in [0.3, 0.4) is 0 Å². The first kappa shape index (κ1) is 20.5. The standard InChI is InChI=1S/C18H23N3O3S.ClH/c1-19-12-13-20(2)14-18-24-17-11-7-6-10-16(17)21(25(18,22)23)15-8-4-3-5-9-15;/h3-11,18-19H,12-14H2,1-2H3;1H. The Morgan fingerprint density at radius 3 is 2.46 bits per heavy atom. The molecule has 0 fully saturated rings. The molecule has 3 rings (SSSR count). The van der Waals surface area contributed by atoms with E-state index in [0.717, 1.165) is 13.1 Å². The molecule has 0 radical (unpaired) electrons. The highest BCUT2D eigenvalue weighted by Gasteiger charge is 2.41. The lowest BCUT2D eigenvalue weighted by atomic mass is 10.2. The first-order valence-corrected chi connectivity index (χ1v) is 9.72. The Kier molecular flexibility index (Phi) is 6.88. The predicted octanol–water partition coefficient (Wildman–Crippen LogP) is 2.45. The van der Waals surface area contributed by atoms with Crippen molar-refractivity contribution in [1.29, 1.82) is 0 Å². The third-order valence-corrected chi connectivity index (χ3v) is 5.95. The fraction of sp³-hybridized carbons (Fsp3) is 0.333. The Balaban J connectivity index is 0.00000243. The Morgan fingerprint density at radius 2 is 1.77 bits per heavy atom. The smallest absolute Gasteiger partial charge is 0.279 e. The molecule has 0 aromatic heterocycles. The second kappa shape index (κ2) is 8.73. The molecule has 1 unspecified atom stereocenters. The van der Waals surface area contributed by atoms with E-state index in [1.54, 1.807) is 24.3 Å². The van der Waals surface area contributed by atoms with E-state index in [2.05, 4.69) is 5.32 Å². The van der Waals surface area contributed by atoms with Gasteiger partial charge in [0.1, 0.15) is 5.75 Å². The summed E-state index contributed by atoms with van der Waals surface area (Å²) in [4.78, 5) is 1.95. The van der Waals surface area contributed by atoms with Crippen LogP contribution >= 0.6 is 12.4 Å². The Labute approximate surface area is 161 Å². The van der Waals surface area contributed by atoms with E-state index in [4.69, 9.17) is 4.74 Å². The van der Waals surface area contributed by atoms with Gasteiger partial charge in [-0.1, -0.05) is 30.3 Å². The van der Waals surface area contributed by atoms with Crippen LogP contribution in [-0.4, -0.2) is 52.5 Å². The second-order valence-electron chi connectivity index (χ2n) is 6.03. The monoisotopic (exact) mass is 397 g/mol. The first-order chi connectivity index (χ1) is 12.0. The molecule has 0 saturated heterocycles. The van der Waals surface area contributed by atoms with Crippen molar-refractivity contribution in [1.82, 2.24) is 10.2 Å². The molecule has 1 aliphatic heterocycles. The number of hydrogen-bond donors (Lipinski definition) is 1. The third kappa shape index (κ3) is 4.12. The van der Waals surface area contributed by atoms with Crippen LogP contribution in [0.2, 0.25) is 0 Å². The zero-order valence-electron chi connectivity index (χ0n) is 14.8. The number of ether oxygens (including phenoxy) is 1. The van der Waals surface area contributed by atoms with E-state index in [9.17, 15) is 8.42 Å². The lowest BCUT2D eigenvalue weighted by molar-refractivity contribution is 0.201. The van der Waals surface area contributed by atoms with Crippen LogP contribution in [-0.2, 0) is 10.0 Å². The van der Waals surface area contributed by atoms with Crippen molar-refractivity contribution >= 4 is 33.8 Å². The summed E-state index contributed by atoms with van der Waals surface area (Å²) >= 11 is 0. The molecule has 142 valence electrons. The molecule has 6 nitrogen and oxygen atoms in total. The summed E-state index contributed by atoms with van der Waals surface area (Å²) in [5, 5.41) is 3.06. The van der Waals surface area contributed by atoms with Crippen molar-refractivity contribution in [2.45, 2.75) is 5.44 Å². The number of fused-ring (bicyclic) bond motifs is 1. The lowest BCUT2D eigenvalue weighted by Gasteiger charge is -2.36. The van der Waals surface area contributed by atoms with Gasteiger partial charge in [0, 0.05) is 13.1 Å². The summed E-state index contributed by atoms with van der Waals surface area (Å²) in [5.41, 5.74) is 0.202. The molecule has 0 aliphatic carbocycles. The van der Waals surface area contributed by atoms with Gasteiger partial charge in [0.05, 0.1) is 17.9 Å². The maximum Gasteiger partial charge on any atom is 0.279 e. The van der Waals surface area contributed by atoms with Crippen LogP contribution in [0.4, 0.5) is 11.4 Å². The van der Waals surface area contributed by atoms with Gasteiger partial charge in [0.25, 0.3) is 10.0 Å². The van der Waals surface area contributed by atoms with Gasteiger partial charge in [-0.3, -0.25) is 0 Å². The molecule has 2 aromatic carbocycles. The summed E-state index contributed by atoms with van der Waals surface area (Å²) in [5.74, 6) is 0.577. The topological polar surface area (TPSA) is 61.9 Å². The number of anilines is 2. The summed E-state index contributed by atoms with van der Waals surface area (Å²) < 4.78 is 33.7. The minimum atomic E-state index is -3.70. The Hall–Kier alpha value is -1.80. The van der Waals surface area contributed by atoms with Crippen LogP contribution in [0, 0.1) is 0 Å². The second-order valence-corrected chi connectivity index (χ2v) is 7.95. The quantitative estimate of drug-likeness (QED) is 0.811. The molecule has 2 aromatic rings. The fourth-order valence-corrected chi connectivity index (χ4v) is 4.55. The molecule has 1 N–H and O–H groups in total. The van der Waals surface area contributed by atoms with Crippen molar-refractivity contribution in [3.05, 3.63) is 54.6 Å². The molecular formula is C18H24ClN3O3S. The maximum absolute atomic E-state index is 13.2. The summed E-state index contributed by atoms with van der Waals surface area (Å²) in [7, 11) is 0.0607. The van der Waals surface area contributed by atoms with E-state index in [-0.39, 0.29) is 12.4 Å². The van der Waals surface area contributed by atoms with Gasteiger partial charge in [0.15, 0.2) is 0 Å². The van der Waals surface area contributed by atoms with Crippen LogP contribution < -0.4 is 14.4 Å². The molecule has 0 saturated carbocycles. The molecule has 8 heteroatoms. The minimum absolute atomic E-state index is 0. The van der Waals surface area contributed by atoms with Crippen molar-refractivity contribution < 1.29 is 13.2 Å². The molecule has 0 amide bonds. The zero-order chi connectivity index (χ0) is 17.9. The van der Waals surface area contributed by atoms with E-state index < -0.39 is 15.5 Å². The molecule has 0 bridgehead atoms. The van der Waals surface area contributed by atoms with E-state index in [0.29, 0.717) is 23.7 Å². The highest BCUT2D eigenvalue weighted by atomic mass is 35.5. The normalized spacial score (nSPS) is 18.0. The van der Waals surface area contributed by atoms with Gasteiger partial charge in [0.2, 0.25) is 5.44 Å². The molecular weight excluding hydrogens is 374 g/mol. The highest BCUT2D eigenvalue weighted by Crippen LogP contribution is 2.41. The van der Waals surface area contributed by atoms with Crippen LogP contribution in [0.15, 0.2) is 54.6 Å². The number of nitrogens with zero attached hydrogens (tertiary/aromatic N) is 2. The van der Waals surface area contributed by atoms with Gasteiger partial charge >= 0.3 is 0 Å². The van der Waals surface area contributed by atoms with Gasteiger partial charge < -0.3 is 15.0 Å². The molecule has 1 aliphatic rings. The summed E-state index contributed by atoms with van der Waals surface area (Å²) in [6.07, 6.45) is 0. The predicted molar refractivity (Wildman–Crippen MR) is 107 cm³/mol. The number of benzene rings is 2. The van der Waals surface area contributed by atoms with Gasteiger partial charge in [-0.05, 0) is 38.4 Å². The SMILES string of the molecule is CNCCN(C)CC1Oc2ccccc2N(c2ccccc2)S1(=O)=O.Cl. The third-order valence-electron chi connectivity index (χ3n) is 4.12. The molecule has 26 heavy (non-hydrogen) atoms.